The van der Waals surface area contributed by atoms with E-state index in [-0.39, 0.29) is 23.8 Å². The van der Waals surface area contributed by atoms with Crippen LogP contribution >= 0.6 is 11.6 Å². The molecule has 28 heavy (non-hydrogen) atoms. The lowest BCUT2D eigenvalue weighted by Gasteiger charge is -2.18. The number of nitrogens with zero attached hydrogens (tertiary/aromatic N) is 1. The van der Waals surface area contributed by atoms with Crippen molar-refractivity contribution >= 4 is 27.5 Å². The van der Waals surface area contributed by atoms with Crippen molar-refractivity contribution in [2.75, 3.05) is 26.7 Å². The first-order valence-electron chi connectivity index (χ1n) is 8.88. The van der Waals surface area contributed by atoms with Gasteiger partial charge in [-0.15, -0.1) is 0 Å². The fourth-order valence-corrected chi connectivity index (χ4v) is 4.00. The van der Waals surface area contributed by atoms with Crippen LogP contribution < -0.4 is 9.46 Å². The highest BCUT2D eigenvalue weighted by atomic mass is 35.5. The highest BCUT2D eigenvalue weighted by molar-refractivity contribution is 7.89. The molecule has 0 aliphatic heterocycles. The Labute approximate surface area is 171 Å². The van der Waals surface area contributed by atoms with Gasteiger partial charge in [0.15, 0.2) is 0 Å². The molecule has 2 aromatic rings. The molecule has 0 heterocycles. The van der Waals surface area contributed by atoms with Crippen molar-refractivity contribution in [3.63, 3.8) is 0 Å². The SMILES string of the molecule is Cc1ccc(S(=O)(=O)NCCC(=O)N(C)CCOc2ccc(Cl)cc2)c(C)c1. The van der Waals surface area contributed by atoms with Gasteiger partial charge in [0.1, 0.15) is 12.4 Å². The minimum atomic E-state index is -3.64. The molecule has 0 fully saturated rings. The van der Waals surface area contributed by atoms with Crippen molar-refractivity contribution in [3.8, 4) is 5.75 Å². The summed E-state index contributed by atoms with van der Waals surface area (Å²) in [5.41, 5.74) is 1.67. The summed E-state index contributed by atoms with van der Waals surface area (Å²) in [5.74, 6) is 0.509. The lowest BCUT2D eigenvalue weighted by molar-refractivity contribution is -0.130. The number of nitrogens with one attached hydrogen (secondary N) is 1. The Bertz CT molecular complexity index is 914. The fraction of sp³-hybridized carbons (Fsp3) is 0.350. The van der Waals surface area contributed by atoms with Gasteiger partial charge in [-0.2, -0.15) is 0 Å². The fourth-order valence-electron chi connectivity index (χ4n) is 2.62. The molecule has 0 saturated heterocycles. The van der Waals surface area contributed by atoms with Crippen LogP contribution in [0, 0.1) is 13.8 Å². The molecule has 0 aromatic heterocycles. The van der Waals surface area contributed by atoms with Crippen LogP contribution in [-0.2, 0) is 14.8 Å². The van der Waals surface area contributed by atoms with Crippen molar-refractivity contribution in [1.82, 2.24) is 9.62 Å². The molecule has 0 aliphatic rings. The molecule has 0 unspecified atom stereocenters. The Hall–Kier alpha value is -2.09. The zero-order chi connectivity index (χ0) is 20.7. The van der Waals surface area contributed by atoms with Crippen LogP contribution in [0.1, 0.15) is 17.5 Å². The smallest absolute Gasteiger partial charge is 0.240 e. The lowest BCUT2D eigenvalue weighted by atomic mass is 10.2. The van der Waals surface area contributed by atoms with Crippen molar-refractivity contribution < 1.29 is 17.9 Å². The monoisotopic (exact) mass is 424 g/mol. The largest absolute Gasteiger partial charge is 0.492 e. The maximum atomic E-state index is 12.4. The zero-order valence-electron chi connectivity index (χ0n) is 16.2. The molecule has 1 N–H and O–H groups in total. The molecule has 6 nitrogen and oxygen atoms in total. The Morgan fingerprint density at radius 3 is 2.46 bits per heavy atom. The molecule has 2 aromatic carbocycles. The molecule has 0 radical (unpaired) electrons. The topological polar surface area (TPSA) is 75.7 Å². The third kappa shape index (κ3) is 6.51. The Kier molecular flexibility index (Phi) is 7.86. The van der Waals surface area contributed by atoms with E-state index in [1.807, 2.05) is 13.0 Å². The summed E-state index contributed by atoms with van der Waals surface area (Å²) in [6, 6.07) is 12.1. The van der Waals surface area contributed by atoms with Gasteiger partial charge >= 0.3 is 0 Å². The van der Waals surface area contributed by atoms with E-state index >= 15 is 0 Å². The second-order valence-electron chi connectivity index (χ2n) is 6.53. The van der Waals surface area contributed by atoms with E-state index in [9.17, 15) is 13.2 Å². The summed E-state index contributed by atoms with van der Waals surface area (Å²) in [5, 5.41) is 0.628. The van der Waals surface area contributed by atoms with Crippen molar-refractivity contribution in [3.05, 3.63) is 58.6 Å². The third-order valence-corrected chi connectivity index (χ3v) is 6.06. The van der Waals surface area contributed by atoms with Crippen molar-refractivity contribution in [2.24, 2.45) is 0 Å². The number of benzene rings is 2. The lowest BCUT2D eigenvalue weighted by Crippen LogP contribution is -2.34. The Balaban J connectivity index is 1.77. The van der Waals surface area contributed by atoms with Crippen LogP contribution in [-0.4, -0.2) is 46.0 Å². The first-order valence-corrected chi connectivity index (χ1v) is 10.7. The molecule has 0 bridgehead atoms. The second-order valence-corrected chi connectivity index (χ2v) is 8.71. The summed E-state index contributed by atoms with van der Waals surface area (Å²) in [4.78, 5) is 13.9. The molecule has 8 heteroatoms. The van der Waals surface area contributed by atoms with Crippen LogP contribution in [0.25, 0.3) is 0 Å². The van der Waals surface area contributed by atoms with Crippen LogP contribution in [0.3, 0.4) is 0 Å². The molecule has 152 valence electrons. The van der Waals surface area contributed by atoms with E-state index in [1.54, 1.807) is 50.4 Å². The number of carbonyl (C=O) groups is 1. The van der Waals surface area contributed by atoms with E-state index in [0.29, 0.717) is 29.5 Å². The number of carbonyl (C=O) groups excluding carboxylic acids is 1. The van der Waals surface area contributed by atoms with E-state index in [0.717, 1.165) is 5.56 Å². The average Bonchev–Trinajstić information content (AvgIpc) is 2.62. The van der Waals surface area contributed by atoms with Gasteiger partial charge in [-0.05, 0) is 49.7 Å². The van der Waals surface area contributed by atoms with Crippen molar-refractivity contribution in [1.29, 1.82) is 0 Å². The predicted octanol–water partition coefficient (Wildman–Crippen LogP) is 3.16. The molecule has 1 amide bonds. The van der Waals surface area contributed by atoms with E-state index < -0.39 is 10.0 Å². The van der Waals surface area contributed by atoms with Gasteiger partial charge in [0.05, 0.1) is 11.4 Å². The third-order valence-electron chi connectivity index (χ3n) is 4.19. The summed E-state index contributed by atoms with van der Waals surface area (Å²) < 4.78 is 32.9. The number of amides is 1. The van der Waals surface area contributed by atoms with Gasteiger partial charge in [0, 0.05) is 25.0 Å². The summed E-state index contributed by atoms with van der Waals surface area (Å²) >= 11 is 5.82. The number of ether oxygens (including phenoxy) is 1. The number of halogens is 1. The molecule has 0 spiro atoms. The minimum Gasteiger partial charge on any atom is -0.492 e. The van der Waals surface area contributed by atoms with Crippen molar-refractivity contribution in [2.45, 2.75) is 25.2 Å². The number of likely N-dealkylation sites (N-methyl/N-ethyl adjacent to an activating group) is 1. The highest BCUT2D eigenvalue weighted by Crippen LogP contribution is 2.16. The molecule has 0 aliphatic carbocycles. The average molecular weight is 425 g/mol. The standard InChI is InChI=1S/C20H25ClN2O4S/c1-15-4-9-19(16(2)14-15)28(25,26)22-11-10-20(24)23(3)12-13-27-18-7-5-17(21)6-8-18/h4-9,14,22H,10-13H2,1-3H3. The van der Waals surface area contributed by atoms with Crippen LogP contribution in [0.5, 0.6) is 5.75 Å². The Morgan fingerprint density at radius 2 is 1.82 bits per heavy atom. The molecular formula is C20H25ClN2O4S. The van der Waals surface area contributed by atoms with Gasteiger partial charge in [-0.3, -0.25) is 4.79 Å². The molecule has 0 atom stereocenters. The van der Waals surface area contributed by atoms with Gasteiger partial charge in [0.25, 0.3) is 0 Å². The predicted molar refractivity (Wildman–Crippen MR) is 110 cm³/mol. The number of hydrogen-bond donors (Lipinski definition) is 1. The molecule has 0 saturated carbocycles. The molecular weight excluding hydrogens is 400 g/mol. The zero-order valence-corrected chi connectivity index (χ0v) is 17.8. The normalized spacial score (nSPS) is 11.3. The quantitative estimate of drug-likeness (QED) is 0.670. The van der Waals surface area contributed by atoms with Crippen LogP contribution in [0.4, 0.5) is 0 Å². The summed E-state index contributed by atoms with van der Waals surface area (Å²) in [6.45, 7) is 4.42. The van der Waals surface area contributed by atoms with Crippen LogP contribution in [0.15, 0.2) is 47.4 Å². The maximum Gasteiger partial charge on any atom is 0.240 e. The number of rotatable bonds is 9. The van der Waals surface area contributed by atoms with Gasteiger partial charge < -0.3 is 9.64 Å². The summed E-state index contributed by atoms with van der Waals surface area (Å²) in [7, 11) is -1.98. The van der Waals surface area contributed by atoms with Gasteiger partial charge in [-0.25, -0.2) is 13.1 Å². The number of aryl methyl sites for hydroxylation is 2. The number of sulfonamides is 1. The van der Waals surface area contributed by atoms with E-state index in [4.69, 9.17) is 16.3 Å². The Morgan fingerprint density at radius 1 is 1.14 bits per heavy atom. The van der Waals surface area contributed by atoms with Gasteiger partial charge in [0.2, 0.25) is 15.9 Å². The second kappa shape index (κ2) is 9.91. The number of hydrogen-bond acceptors (Lipinski definition) is 4. The molecule has 2 rings (SSSR count). The highest BCUT2D eigenvalue weighted by Gasteiger charge is 2.17. The van der Waals surface area contributed by atoms with Crippen LogP contribution in [0.2, 0.25) is 5.02 Å². The minimum absolute atomic E-state index is 0.0386. The maximum absolute atomic E-state index is 12.4. The van der Waals surface area contributed by atoms with E-state index in [1.165, 1.54) is 4.90 Å². The van der Waals surface area contributed by atoms with Gasteiger partial charge in [-0.1, -0.05) is 29.3 Å². The first kappa shape index (κ1) is 22.2. The summed E-state index contributed by atoms with van der Waals surface area (Å²) in [6.07, 6.45) is 0.0710. The first-order chi connectivity index (χ1) is 13.2. The van der Waals surface area contributed by atoms with E-state index in [2.05, 4.69) is 4.72 Å².